The Labute approximate surface area is 154 Å². The number of benzene rings is 1. The number of hydrogen-bond acceptors (Lipinski definition) is 4. The van der Waals surface area contributed by atoms with Gasteiger partial charge in [-0.2, -0.15) is 0 Å². The van der Waals surface area contributed by atoms with Crippen LogP contribution >= 0.6 is 0 Å². The summed E-state index contributed by atoms with van der Waals surface area (Å²) in [7, 11) is 0. The third-order valence-corrected chi connectivity index (χ3v) is 4.78. The summed E-state index contributed by atoms with van der Waals surface area (Å²) < 4.78 is 0. The SMILES string of the molecule is Cc1ccc(C(=O)CCC(=O)N2CCN(Cc3ccccn3)CC2)cc1. The molecule has 1 saturated heterocycles. The van der Waals surface area contributed by atoms with Gasteiger partial charge in [0.1, 0.15) is 0 Å². The molecule has 26 heavy (non-hydrogen) atoms. The van der Waals surface area contributed by atoms with E-state index in [-0.39, 0.29) is 24.5 Å². The molecule has 0 unspecified atom stereocenters. The second-order valence-corrected chi connectivity index (χ2v) is 6.77. The van der Waals surface area contributed by atoms with E-state index >= 15 is 0 Å². The number of aryl methyl sites for hydroxylation is 1. The summed E-state index contributed by atoms with van der Waals surface area (Å²) in [5.41, 5.74) is 2.86. The molecule has 0 spiro atoms. The first-order valence-electron chi connectivity index (χ1n) is 9.12. The number of carbonyl (C=O) groups is 2. The lowest BCUT2D eigenvalue weighted by Gasteiger charge is -2.34. The molecule has 0 N–H and O–H groups in total. The van der Waals surface area contributed by atoms with Crippen LogP contribution in [0.25, 0.3) is 0 Å². The molecular formula is C21H25N3O2. The Morgan fingerprint density at radius 1 is 0.962 bits per heavy atom. The number of nitrogens with zero attached hydrogens (tertiary/aromatic N) is 3. The number of carbonyl (C=O) groups excluding carboxylic acids is 2. The maximum Gasteiger partial charge on any atom is 0.223 e. The van der Waals surface area contributed by atoms with Gasteiger partial charge in [0, 0.05) is 57.3 Å². The van der Waals surface area contributed by atoms with Crippen molar-refractivity contribution in [1.29, 1.82) is 0 Å². The molecule has 1 fully saturated rings. The van der Waals surface area contributed by atoms with Crippen LogP contribution < -0.4 is 0 Å². The van der Waals surface area contributed by atoms with E-state index in [4.69, 9.17) is 0 Å². The molecule has 3 rings (SSSR count). The third-order valence-electron chi connectivity index (χ3n) is 4.78. The van der Waals surface area contributed by atoms with Gasteiger partial charge in [-0.3, -0.25) is 19.5 Å². The van der Waals surface area contributed by atoms with Gasteiger partial charge in [-0.15, -0.1) is 0 Å². The maximum atomic E-state index is 12.4. The second kappa shape index (κ2) is 8.72. The maximum absolute atomic E-state index is 12.4. The zero-order valence-corrected chi connectivity index (χ0v) is 15.2. The zero-order valence-electron chi connectivity index (χ0n) is 15.2. The van der Waals surface area contributed by atoms with Crippen LogP contribution in [-0.2, 0) is 11.3 Å². The molecule has 2 heterocycles. The van der Waals surface area contributed by atoms with Crippen molar-refractivity contribution in [3.05, 3.63) is 65.5 Å². The minimum Gasteiger partial charge on any atom is -0.340 e. The predicted octanol–water partition coefficient (Wildman–Crippen LogP) is 2.70. The summed E-state index contributed by atoms with van der Waals surface area (Å²) in [6.45, 7) is 5.91. The van der Waals surface area contributed by atoms with E-state index in [0.717, 1.165) is 30.9 Å². The third kappa shape index (κ3) is 4.99. The predicted molar refractivity (Wildman–Crippen MR) is 101 cm³/mol. The van der Waals surface area contributed by atoms with Crippen LogP contribution in [0.1, 0.15) is 34.5 Å². The van der Waals surface area contributed by atoms with Gasteiger partial charge in [0.2, 0.25) is 5.91 Å². The van der Waals surface area contributed by atoms with Crippen molar-refractivity contribution in [3.63, 3.8) is 0 Å². The molecule has 1 amide bonds. The van der Waals surface area contributed by atoms with Crippen molar-refractivity contribution in [2.24, 2.45) is 0 Å². The minimum atomic E-state index is 0.0344. The Kier molecular flexibility index (Phi) is 6.12. The molecule has 2 aromatic rings. The standard InChI is InChI=1S/C21H25N3O2/c1-17-5-7-18(8-6-17)20(25)9-10-21(26)24-14-12-23(13-15-24)16-19-4-2-3-11-22-19/h2-8,11H,9-10,12-16H2,1H3. The number of pyridine rings is 1. The molecule has 1 aromatic carbocycles. The van der Waals surface area contributed by atoms with E-state index in [0.29, 0.717) is 18.7 Å². The van der Waals surface area contributed by atoms with Gasteiger partial charge in [-0.1, -0.05) is 35.9 Å². The van der Waals surface area contributed by atoms with Gasteiger partial charge in [0.05, 0.1) is 5.69 Å². The fourth-order valence-electron chi connectivity index (χ4n) is 3.14. The summed E-state index contributed by atoms with van der Waals surface area (Å²) in [6.07, 6.45) is 2.36. The average molecular weight is 351 g/mol. The molecule has 1 aromatic heterocycles. The second-order valence-electron chi connectivity index (χ2n) is 6.77. The fraction of sp³-hybridized carbons (Fsp3) is 0.381. The van der Waals surface area contributed by atoms with Crippen molar-refractivity contribution in [2.75, 3.05) is 26.2 Å². The summed E-state index contributed by atoms with van der Waals surface area (Å²) in [5, 5.41) is 0. The smallest absolute Gasteiger partial charge is 0.223 e. The monoisotopic (exact) mass is 351 g/mol. The van der Waals surface area contributed by atoms with Crippen LogP contribution in [0.15, 0.2) is 48.7 Å². The van der Waals surface area contributed by atoms with Gasteiger partial charge in [-0.05, 0) is 19.1 Å². The van der Waals surface area contributed by atoms with Crippen LogP contribution in [-0.4, -0.2) is 52.7 Å². The van der Waals surface area contributed by atoms with Crippen molar-refractivity contribution >= 4 is 11.7 Å². The van der Waals surface area contributed by atoms with Crippen molar-refractivity contribution < 1.29 is 9.59 Å². The van der Waals surface area contributed by atoms with Gasteiger partial charge in [0.15, 0.2) is 5.78 Å². The topological polar surface area (TPSA) is 53.5 Å². The molecule has 0 saturated carbocycles. The Hall–Kier alpha value is -2.53. The number of piperazine rings is 1. The molecule has 136 valence electrons. The van der Waals surface area contributed by atoms with E-state index < -0.39 is 0 Å². The van der Waals surface area contributed by atoms with Crippen LogP contribution in [0.4, 0.5) is 0 Å². The first kappa shape index (κ1) is 18.3. The van der Waals surface area contributed by atoms with Crippen molar-refractivity contribution in [1.82, 2.24) is 14.8 Å². The number of hydrogen-bond donors (Lipinski definition) is 0. The van der Waals surface area contributed by atoms with Gasteiger partial charge < -0.3 is 4.90 Å². The number of aromatic nitrogens is 1. The minimum absolute atomic E-state index is 0.0344. The van der Waals surface area contributed by atoms with Crippen molar-refractivity contribution in [3.8, 4) is 0 Å². The van der Waals surface area contributed by atoms with E-state index in [1.165, 1.54) is 0 Å². The average Bonchev–Trinajstić information content (AvgIpc) is 2.68. The van der Waals surface area contributed by atoms with E-state index in [9.17, 15) is 9.59 Å². The van der Waals surface area contributed by atoms with Crippen LogP contribution in [0.3, 0.4) is 0 Å². The normalized spacial score (nSPS) is 15.0. The van der Waals surface area contributed by atoms with E-state index in [1.54, 1.807) is 6.20 Å². The number of rotatable bonds is 6. The lowest BCUT2D eigenvalue weighted by molar-refractivity contribution is -0.133. The van der Waals surface area contributed by atoms with Gasteiger partial charge in [-0.25, -0.2) is 0 Å². The van der Waals surface area contributed by atoms with Gasteiger partial charge >= 0.3 is 0 Å². The Bertz CT molecular complexity index is 736. The number of ketones is 1. The van der Waals surface area contributed by atoms with Gasteiger partial charge in [0.25, 0.3) is 0 Å². The largest absolute Gasteiger partial charge is 0.340 e. The molecule has 1 aliphatic heterocycles. The Morgan fingerprint density at radius 2 is 1.69 bits per heavy atom. The van der Waals surface area contributed by atoms with Crippen molar-refractivity contribution in [2.45, 2.75) is 26.3 Å². The summed E-state index contributed by atoms with van der Waals surface area (Å²) in [4.78, 5) is 33.1. The molecule has 0 bridgehead atoms. The highest BCUT2D eigenvalue weighted by molar-refractivity contribution is 5.97. The van der Waals surface area contributed by atoms with E-state index in [1.807, 2.05) is 54.3 Å². The molecule has 5 heteroatoms. The highest BCUT2D eigenvalue weighted by Crippen LogP contribution is 2.11. The first-order chi connectivity index (χ1) is 12.6. The number of amides is 1. The molecule has 0 atom stereocenters. The molecule has 1 aliphatic rings. The van der Waals surface area contributed by atoms with Crippen LogP contribution in [0.2, 0.25) is 0 Å². The first-order valence-corrected chi connectivity index (χ1v) is 9.12. The molecule has 0 aliphatic carbocycles. The highest BCUT2D eigenvalue weighted by atomic mass is 16.2. The molecule has 5 nitrogen and oxygen atoms in total. The lowest BCUT2D eigenvalue weighted by Crippen LogP contribution is -2.48. The van der Waals surface area contributed by atoms with Crippen LogP contribution in [0.5, 0.6) is 0 Å². The lowest BCUT2D eigenvalue weighted by atomic mass is 10.0. The Morgan fingerprint density at radius 3 is 2.35 bits per heavy atom. The fourth-order valence-corrected chi connectivity index (χ4v) is 3.14. The van der Waals surface area contributed by atoms with Crippen LogP contribution in [0, 0.1) is 6.92 Å². The zero-order chi connectivity index (χ0) is 18.4. The Balaban J connectivity index is 1.42. The highest BCUT2D eigenvalue weighted by Gasteiger charge is 2.21. The molecular weight excluding hydrogens is 326 g/mol. The molecule has 0 radical (unpaired) electrons. The summed E-state index contributed by atoms with van der Waals surface area (Å²) in [6, 6.07) is 13.4. The number of Topliss-reactive ketones (excluding diaryl/α,β-unsaturated/α-hetero) is 1. The summed E-state index contributed by atoms with van der Waals surface area (Å²) in [5.74, 6) is 0.107. The quantitative estimate of drug-likeness (QED) is 0.751. The van der Waals surface area contributed by atoms with E-state index in [2.05, 4.69) is 9.88 Å². The summed E-state index contributed by atoms with van der Waals surface area (Å²) >= 11 is 0.